The van der Waals surface area contributed by atoms with Gasteiger partial charge in [-0.15, -0.1) is 0 Å². The van der Waals surface area contributed by atoms with E-state index in [0.29, 0.717) is 0 Å². The summed E-state index contributed by atoms with van der Waals surface area (Å²) >= 11 is 0. The molecule has 0 aliphatic heterocycles. The fraction of sp³-hybridized carbons (Fsp3) is 0.857. The molecule has 1 atom stereocenters. The molecular formula is C7H15BNO3. The zero-order valence-corrected chi connectivity index (χ0v) is 7.92. The maximum atomic E-state index is 10.7. The average molecular weight is 172 g/mol. The molecule has 0 amide bonds. The van der Waals surface area contributed by atoms with Crippen LogP contribution in [0.2, 0.25) is 0 Å². The summed E-state index contributed by atoms with van der Waals surface area (Å²) in [6.07, 6.45) is 0. The van der Waals surface area contributed by atoms with E-state index in [4.69, 9.17) is 5.11 Å². The monoisotopic (exact) mass is 172 g/mol. The molecule has 0 aromatic rings. The van der Waals surface area contributed by atoms with Crippen molar-refractivity contribution in [3.05, 3.63) is 0 Å². The van der Waals surface area contributed by atoms with Crippen LogP contribution in [0.1, 0.15) is 20.8 Å². The van der Waals surface area contributed by atoms with Crippen molar-refractivity contribution >= 4 is 13.6 Å². The number of carboxylic acids is 1. The van der Waals surface area contributed by atoms with Gasteiger partial charge in [-0.05, 0) is 5.41 Å². The van der Waals surface area contributed by atoms with E-state index in [2.05, 4.69) is 9.88 Å². The van der Waals surface area contributed by atoms with E-state index in [1.165, 1.54) is 14.7 Å². The Hall–Kier alpha value is -0.545. The normalized spacial score (nSPS) is 14.0. The van der Waals surface area contributed by atoms with Crippen LogP contribution in [-0.2, 0) is 9.45 Å². The minimum absolute atomic E-state index is 0.332. The fourth-order valence-electron chi connectivity index (χ4n) is 0.828. The molecule has 69 valence electrons. The number of hydrogen-bond acceptors (Lipinski definition) is 3. The molecule has 0 unspecified atom stereocenters. The van der Waals surface area contributed by atoms with Crippen LogP contribution in [0.5, 0.6) is 0 Å². The highest BCUT2D eigenvalue weighted by molar-refractivity contribution is 6.24. The third kappa shape index (κ3) is 3.73. The Labute approximate surface area is 73.6 Å². The Kier molecular flexibility index (Phi) is 4.27. The number of aliphatic carboxylic acids is 1. The summed E-state index contributed by atoms with van der Waals surface area (Å²) in [4.78, 5) is 10.7. The van der Waals surface area contributed by atoms with E-state index in [9.17, 15) is 4.79 Å². The van der Waals surface area contributed by atoms with Crippen LogP contribution in [0.3, 0.4) is 0 Å². The molecule has 0 aliphatic carbocycles. The summed E-state index contributed by atoms with van der Waals surface area (Å²) in [7, 11) is 2.75. The zero-order chi connectivity index (χ0) is 9.78. The van der Waals surface area contributed by atoms with Gasteiger partial charge in [-0.2, -0.15) is 0 Å². The van der Waals surface area contributed by atoms with Gasteiger partial charge in [0.25, 0.3) is 0 Å². The SMILES string of the molecule is CO[B]N[C@H](C(=O)O)C(C)(C)C. The molecule has 4 nitrogen and oxygen atoms in total. The van der Waals surface area contributed by atoms with Gasteiger partial charge in [0.05, 0.1) is 0 Å². The summed E-state index contributed by atoms with van der Waals surface area (Å²) in [6, 6.07) is -0.627. The fourth-order valence-corrected chi connectivity index (χ4v) is 0.828. The minimum Gasteiger partial charge on any atom is -0.480 e. The van der Waals surface area contributed by atoms with Gasteiger partial charge >= 0.3 is 13.6 Å². The minimum atomic E-state index is -0.879. The van der Waals surface area contributed by atoms with Crippen molar-refractivity contribution in [2.24, 2.45) is 5.41 Å². The first kappa shape index (κ1) is 11.5. The quantitative estimate of drug-likeness (QED) is 0.597. The van der Waals surface area contributed by atoms with Gasteiger partial charge in [0.1, 0.15) is 6.04 Å². The lowest BCUT2D eigenvalue weighted by molar-refractivity contribution is -0.141. The molecule has 0 saturated heterocycles. The van der Waals surface area contributed by atoms with E-state index in [0.717, 1.165) is 0 Å². The lowest BCUT2D eigenvalue weighted by Crippen LogP contribution is -2.48. The second-order valence-corrected chi connectivity index (χ2v) is 3.66. The number of hydrogen-bond donors (Lipinski definition) is 2. The molecule has 0 bridgehead atoms. The highest BCUT2D eigenvalue weighted by atomic mass is 16.4. The molecule has 0 aliphatic rings. The number of nitrogens with one attached hydrogen (secondary N) is 1. The first-order valence-corrected chi connectivity index (χ1v) is 3.73. The van der Waals surface area contributed by atoms with Crippen LogP contribution in [0.4, 0.5) is 0 Å². The van der Waals surface area contributed by atoms with Gasteiger partial charge in [-0.1, -0.05) is 20.8 Å². The Bertz CT molecular complexity index is 155. The lowest BCUT2D eigenvalue weighted by Gasteiger charge is -2.27. The molecule has 0 rings (SSSR count). The van der Waals surface area contributed by atoms with Crippen molar-refractivity contribution in [1.29, 1.82) is 0 Å². The van der Waals surface area contributed by atoms with Crippen LogP contribution in [0.25, 0.3) is 0 Å². The van der Waals surface area contributed by atoms with Crippen molar-refractivity contribution in [3.63, 3.8) is 0 Å². The molecule has 0 saturated carbocycles. The van der Waals surface area contributed by atoms with Gasteiger partial charge in [0.15, 0.2) is 0 Å². The van der Waals surface area contributed by atoms with Gasteiger partial charge in [-0.3, -0.25) is 4.79 Å². The van der Waals surface area contributed by atoms with Crippen molar-refractivity contribution < 1.29 is 14.6 Å². The van der Waals surface area contributed by atoms with Crippen LogP contribution in [0.15, 0.2) is 0 Å². The van der Waals surface area contributed by atoms with E-state index in [-0.39, 0.29) is 5.41 Å². The highest BCUT2D eigenvalue weighted by Gasteiger charge is 2.30. The van der Waals surface area contributed by atoms with Crippen molar-refractivity contribution in [1.82, 2.24) is 5.23 Å². The first-order chi connectivity index (χ1) is 5.39. The molecule has 12 heavy (non-hydrogen) atoms. The van der Waals surface area contributed by atoms with E-state index in [1.54, 1.807) is 0 Å². The molecule has 2 N–H and O–H groups in total. The predicted octanol–water partition coefficient (Wildman–Crippen LogP) is 0.256. The summed E-state index contributed by atoms with van der Waals surface area (Å²) < 4.78 is 4.62. The third-order valence-electron chi connectivity index (χ3n) is 1.47. The van der Waals surface area contributed by atoms with Crippen LogP contribution < -0.4 is 5.23 Å². The number of carboxylic acid groups (broad SMARTS) is 1. The molecule has 0 heterocycles. The second kappa shape index (κ2) is 4.47. The van der Waals surface area contributed by atoms with Gasteiger partial charge in [0, 0.05) is 7.11 Å². The summed E-state index contributed by atoms with van der Waals surface area (Å²) in [5.41, 5.74) is -0.332. The Morgan fingerprint density at radius 3 is 2.33 bits per heavy atom. The van der Waals surface area contributed by atoms with Crippen molar-refractivity contribution in [2.75, 3.05) is 7.11 Å². The van der Waals surface area contributed by atoms with Crippen molar-refractivity contribution in [3.8, 4) is 0 Å². The van der Waals surface area contributed by atoms with Gasteiger partial charge in [0.2, 0.25) is 0 Å². The molecular weight excluding hydrogens is 157 g/mol. The topological polar surface area (TPSA) is 58.6 Å². The Balaban J connectivity index is 4.15. The first-order valence-electron chi connectivity index (χ1n) is 3.73. The summed E-state index contributed by atoms with van der Waals surface area (Å²) in [6.45, 7) is 5.55. The van der Waals surface area contributed by atoms with Gasteiger partial charge in [-0.25, -0.2) is 0 Å². The predicted molar refractivity (Wildman–Crippen MR) is 46.8 cm³/mol. The van der Waals surface area contributed by atoms with Crippen LogP contribution >= 0.6 is 0 Å². The number of carbonyl (C=O) groups is 1. The largest absolute Gasteiger partial charge is 0.480 e. The highest BCUT2D eigenvalue weighted by Crippen LogP contribution is 2.18. The maximum Gasteiger partial charge on any atom is 0.396 e. The second-order valence-electron chi connectivity index (χ2n) is 3.66. The smallest absolute Gasteiger partial charge is 0.396 e. The standard InChI is InChI=1S/C7H15BNO3/c1-7(2,3)5(6(10)11)9-8-12-4/h5,9H,1-4H3,(H,10,11)/t5-/m1/s1. The molecule has 5 heteroatoms. The van der Waals surface area contributed by atoms with Crippen molar-refractivity contribution in [2.45, 2.75) is 26.8 Å². The maximum absolute atomic E-state index is 10.7. The zero-order valence-electron chi connectivity index (χ0n) is 7.92. The molecule has 0 aromatic heterocycles. The molecule has 1 radical (unpaired) electrons. The molecule has 0 spiro atoms. The summed E-state index contributed by atoms with van der Waals surface area (Å²) in [5.74, 6) is -0.879. The molecule has 0 aromatic carbocycles. The Morgan fingerprint density at radius 2 is 2.08 bits per heavy atom. The van der Waals surface area contributed by atoms with E-state index >= 15 is 0 Å². The average Bonchev–Trinajstić information content (AvgIpc) is 1.84. The number of rotatable bonds is 4. The summed E-state index contributed by atoms with van der Waals surface area (Å²) in [5, 5.41) is 11.5. The molecule has 0 fully saturated rings. The van der Waals surface area contributed by atoms with E-state index in [1.807, 2.05) is 20.8 Å². The lowest BCUT2D eigenvalue weighted by atomic mass is 9.85. The van der Waals surface area contributed by atoms with Crippen LogP contribution in [0, 0.1) is 5.41 Å². The third-order valence-corrected chi connectivity index (χ3v) is 1.47. The van der Waals surface area contributed by atoms with Crippen LogP contribution in [-0.4, -0.2) is 31.8 Å². The Morgan fingerprint density at radius 1 is 1.58 bits per heavy atom. The van der Waals surface area contributed by atoms with Gasteiger partial charge < -0.3 is 15.0 Å². The van der Waals surface area contributed by atoms with E-state index < -0.39 is 12.0 Å².